The van der Waals surface area contributed by atoms with Crippen molar-refractivity contribution >= 4 is 23.1 Å². The van der Waals surface area contributed by atoms with E-state index in [2.05, 4.69) is 16.3 Å². The Morgan fingerprint density at radius 2 is 1.48 bits per heavy atom. The normalized spacial score (nSPS) is 17.6. The van der Waals surface area contributed by atoms with Crippen LogP contribution in [-0.2, 0) is 14.3 Å². The van der Waals surface area contributed by atoms with Crippen LogP contribution in [-0.4, -0.2) is 61.0 Å². The number of rotatable bonds is 6. The zero-order chi connectivity index (χ0) is 22.0. The maximum atomic E-state index is 13.4. The summed E-state index contributed by atoms with van der Waals surface area (Å²) in [5.41, 5.74) is 5.65. The van der Waals surface area contributed by atoms with Crippen LogP contribution in [0.3, 0.4) is 0 Å². The van der Waals surface area contributed by atoms with E-state index in [4.69, 9.17) is 4.74 Å². The smallest absolute Gasteiger partial charge is 0.278 e. The molecule has 0 spiro atoms. The van der Waals surface area contributed by atoms with E-state index in [1.54, 1.807) is 0 Å². The number of hydrogen-bond acceptors (Lipinski definition) is 5. The van der Waals surface area contributed by atoms with E-state index in [0.717, 1.165) is 41.0 Å². The molecule has 0 atom stereocenters. The molecule has 2 heterocycles. The maximum Gasteiger partial charge on any atom is 0.278 e. The van der Waals surface area contributed by atoms with E-state index in [1.165, 1.54) is 4.90 Å². The fraction of sp³-hybridized carbons (Fsp3) is 0.360. The fourth-order valence-corrected chi connectivity index (χ4v) is 4.14. The lowest BCUT2D eigenvalue weighted by Gasteiger charge is -2.28. The van der Waals surface area contributed by atoms with Crippen LogP contribution in [0.15, 0.2) is 48.2 Å². The summed E-state index contributed by atoms with van der Waals surface area (Å²) in [7, 11) is 0. The largest absolute Gasteiger partial charge is 0.379 e. The van der Waals surface area contributed by atoms with E-state index in [1.807, 2.05) is 57.2 Å². The molecule has 0 saturated carbocycles. The van der Waals surface area contributed by atoms with Crippen LogP contribution >= 0.6 is 0 Å². The van der Waals surface area contributed by atoms with Gasteiger partial charge >= 0.3 is 0 Å². The number of nitrogens with zero attached hydrogens (tertiary/aromatic N) is 2. The van der Waals surface area contributed by atoms with Crippen LogP contribution in [0.25, 0.3) is 5.57 Å². The van der Waals surface area contributed by atoms with Crippen molar-refractivity contribution in [1.82, 2.24) is 9.80 Å². The van der Waals surface area contributed by atoms with Gasteiger partial charge in [0.2, 0.25) is 0 Å². The fourth-order valence-electron chi connectivity index (χ4n) is 4.14. The molecule has 6 nitrogen and oxygen atoms in total. The molecule has 162 valence electrons. The van der Waals surface area contributed by atoms with Gasteiger partial charge < -0.3 is 10.1 Å². The average Bonchev–Trinajstić information content (AvgIpc) is 2.96. The number of carbonyl (C=O) groups excluding carboxylic acids is 2. The number of hydrogen-bond donors (Lipinski definition) is 1. The summed E-state index contributed by atoms with van der Waals surface area (Å²) in [6.07, 6.45) is 0. The summed E-state index contributed by atoms with van der Waals surface area (Å²) >= 11 is 0. The number of amides is 2. The SMILES string of the molecule is Cc1ccc(C2=C(Nc3cc(C)cc(C)c3)C(=O)N(CCN3CCOCC3)C2=O)cc1. The predicted octanol–water partition coefficient (Wildman–Crippen LogP) is 3.14. The lowest BCUT2D eigenvalue weighted by atomic mass is 10.0. The minimum atomic E-state index is -0.270. The van der Waals surface area contributed by atoms with Gasteiger partial charge in [-0.1, -0.05) is 35.9 Å². The molecule has 1 fully saturated rings. The van der Waals surface area contributed by atoms with Crippen molar-refractivity contribution in [2.45, 2.75) is 20.8 Å². The summed E-state index contributed by atoms with van der Waals surface area (Å²) in [5, 5.41) is 3.27. The second-order valence-electron chi connectivity index (χ2n) is 8.33. The summed E-state index contributed by atoms with van der Waals surface area (Å²) in [6.45, 7) is 10.1. The van der Waals surface area contributed by atoms with Crippen LogP contribution in [0.4, 0.5) is 5.69 Å². The van der Waals surface area contributed by atoms with Gasteiger partial charge in [0.1, 0.15) is 5.70 Å². The van der Waals surface area contributed by atoms with E-state index in [-0.39, 0.29) is 11.8 Å². The molecular weight excluding hydrogens is 390 g/mol. The van der Waals surface area contributed by atoms with E-state index in [0.29, 0.717) is 37.6 Å². The van der Waals surface area contributed by atoms with Gasteiger partial charge in [-0.3, -0.25) is 19.4 Å². The van der Waals surface area contributed by atoms with E-state index < -0.39 is 0 Å². The zero-order valence-corrected chi connectivity index (χ0v) is 18.4. The molecule has 0 unspecified atom stereocenters. The van der Waals surface area contributed by atoms with Gasteiger partial charge in [0.15, 0.2) is 0 Å². The molecule has 2 aliphatic rings. The molecule has 2 aromatic rings. The van der Waals surface area contributed by atoms with Gasteiger partial charge in [-0.25, -0.2) is 0 Å². The van der Waals surface area contributed by atoms with Crippen molar-refractivity contribution in [2.75, 3.05) is 44.7 Å². The Morgan fingerprint density at radius 1 is 0.839 bits per heavy atom. The first-order valence-corrected chi connectivity index (χ1v) is 10.8. The first kappa shape index (κ1) is 21.3. The van der Waals surface area contributed by atoms with Gasteiger partial charge in [0, 0.05) is 31.9 Å². The number of imide groups is 1. The predicted molar refractivity (Wildman–Crippen MR) is 122 cm³/mol. The third-order valence-electron chi connectivity index (χ3n) is 5.74. The van der Waals surface area contributed by atoms with Crippen molar-refractivity contribution in [3.63, 3.8) is 0 Å². The summed E-state index contributed by atoms with van der Waals surface area (Å²) in [4.78, 5) is 30.3. The molecule has 2 amide bonds. The Balaban J connectivity index is 1.64. The van der Waals surface area contributed by atoms with Gasteiger partial charge in [-0.2, -0.15) is 0 Å². The molecule has 2 aliphatic heterocycles. The molecule has 1 N–H and O–H groups in total. The van der Waals surface area contributed by atoms with Crippen molar-refractivity contribution in [2.24, 2.45) is 0 Å². The Kier molecular flexibility index (Phi) is 6.20. The molecule has 2 aromatic carbocycles. The highest BCUT2D eigenvalue weighted by molar-refractivity contribution is 6.36. The quantitative estimate of drug-likeness (QED) is 0.729. The lowest BCUT2D eigenvalue weighted by Crippen LogP contribution is -2.43. The molecule has 0 bridgehead atoms. The van der Waals surface area contributed by atoms with Crippen LogP contribution in [0.1, 0.15) is 22.3 Å². The number of ether oxygens (including phenoxy) is 1. The summed E-state index contributed by atoms with van der Waals surface area (Å²) in [6, 6.07) is 13.8. The average molecular weight is 420 g/mol. The highest BCUT2D eigenvalue weighted by atomic mass is 16.5. The topological polar surface area (TPSA) is 61.9 Å². The maximum absolute atomic E-state index is 13.4. The summed E-state index contributed by atoms with van der Waals surface area (Å²) in [5.74, 6) is -0.512. The van der Waals surface area contributed by atoms with Gasteiger partial charge in [-0.15, -0.1) is 0 Å². The molecule has 0 radical (unpaired) electrons. The van der Waals surface area contributed by atoms with Crippen molar-refractivity contribution in [1.29, 1.82) is 0 Å². The molecule has 0 aromatic heterocycles. The number of nitrogens with one attached hydrogen (secondary N) is 1. The zero-order valence-electron chi connectivity index (χ0n) is 18.4. The van der Waals surface area contributed by atoms with Gasteiger partial charge in [-0.05, 0) is 49.6 Å². The van der Waals surface area contributed by atoms with Gasteiger partial charge in [0.05, 0.1) is 18.8 Å². The Morgan fingerprint density at radius 3 is 2.13 bits per heavy atom. The molecule has 0 aliphatic carbocycles. The van der Waals surface area contributed by atoms with Crippen molar-refractivity contribution in [3.05, 3.63) is 70.4 Å². The van der Waals surface area contributed by atoms with Gasteiger partial charge in [0.25, 0.3) is 11.8 Å². The molecule has 6 heteroatoms. The molecular formula is C25H29N3O3. The third kappa shape index (κ3) is 4.70. The van der Waals surface area contributed by atoms with Crippen LogP contribution < -0.4 is 5.32 Å². The summed E-state index contributed by atoms with van der Waals surface area (Å²) < 4.78 is 5.39. The van der Waals surface area contributed by atoms with Crippen molar-refractivity contribution < 1.29 is 14.3 Å². The Bertz CT molecular complexity index is 1000. The molecule has 4 rings (SSSR count). The highest BCUT2D eigenvalue weighted by Gasteiger charge is 2.39. The second-order valence-corrected chi connectivity index (χ2v) is 8.33. The first-order chi connectivity index (χ1) is 14.9. The Hall–Kier alpha value is -2.96. The highest BCUT2D eigenvalue weighted by Crippen LogP contribution is 2.31. The second kappa shape index (κ2) is 9.04. The number of anilines is 1. The monoisotopic (exact) mass is 419 g/mol. The Labute approximate surface area is 183 Å². The minimum Gasteiger partial charge on any atom is -0.379 e. The molecule has 1 saturated heterocycles. The third-order valence-corrected chi connectivity index (χ3v) is 5.74. The number of benzene rings is 2. The minimum absolute atomic E-state index is 0.242. The molecule has 31 heavy (non-hydrogen) atoms. The van der Waals surface area contributed by atoms with Crippen LogP contribution in [0.2, 0.25) is 0 Å². The number of morpholine rings is 1. The first-order valence-electron chi connectivity index (χ1n) is 10.8. The number of aryl methyl sites for hydroxylation is 3. The van der Waals surface area contributed by atoms with Crippen LogP contribution in [0.5, 0.6) is 0 Å². The van der Waals surface area contributed by atoms with Crippen LogP contribution in [0, 0.1) is 20.8 Å². The standard InChI is InChI=1S/C25H29N3O3/c1-17-4-6-20(7-5-17)22-23(26-21-15-18(2)14-19(3)16-21)25(30)28(24(22)29)9-8-27-10-12-31-13-11-27/h4-7,14-16,26H,8-13H2,1-3H3. The van der Waals surface area contributed by atoms with E-state index in [9.17, 15) is 9.59 Å². The van der Waals surface area contributed by atoms with Crippen molar-refractivity contribution in [3.8, 4) is 0 Å². The lowest BCUT2D eigenvalue weighted by molar-refractivity contribution is -0.137. The van der Waals surface area contributed by atoms with E-state index >= 15 is 0 Å². The number of carbonyl (C=O) groups is 2.